The monoisotopic (exact) mass is 708 g/mol. The molecule has 0 aromatic heterocycles. The Morgan fingerprint density at radius 1 is 0.179 bits per heavy atom. The first-order valence-corrected chi connectivity index (χ1v) is 19.4. The molecule has 260 valence electrons. The van der Waals surface area contributed by atoms with Gasteiger partial charge in [0, 0.05) is 0 Å². The van der Waals surface area contributed by atoms with Gasteiger partial charge in [-0.05, 0) is 140 Å². The predicted octanol–water partition coefficient (Wildman–Crippen LogP) is 15.8. The van der Waals surface area contributed by atoms with Crippen molar-refractivity contribution in [3.05, 3.63) is 218 Å². The van der Waals surface area contributed by atoms with Crippen LogP contribution in [-0.2, 0) is 0 Å². The van der Waals surface area contributed by atoms with Crippen molar-refractivity contribution in [2.45, 2.75) is 0 Å². The second-order valence-corrected chi connectivity index (χ2v) is 14.9. The molecule has 0 spiro atoms. The summed E-state index contributed by atoms with van der Waals surface area (Å²) < 4.78 is 0. The highest BCUT2D eigenvalue weighted by Crippen LogP contribution is 2.47. The third-order valence-electron chi connectivity index (χ3n) is 11.6. The number of benzene rings is 11. The molecule has 11 aromatic rings. The maximum Gasteiger partial charge on any atom is -0.00199 e. The summed E-state index contributed by atoms with van der Waals surface area (Å²) >= 11 is 0. The summed E-state index contributed by atoms with van der Waals surface area (Å²) in [5.41, 5.74) is 12.4. The molecule has 11 aromatic carbocycles. The Morgan fingerprint density at radius 2 is 0.536 bits per heavy atom. The van der Waals surface area contributed by atoms with Crippen LogP contribution in [0.5, 0.6) is 0 Å². The van der Waals surface area contributed by atoms with E-state index in [0.717, 1.165) is 0 Å². The first kappa shape index (κ1) is 32.2. The van der Waals surface area contributed by atoms with Crippen LogP contribution >= 0.6 is 0 Å². The Morgan fingerprint density at radius 3 is 1.09 bits per heavy atom. The number of fused-ring (bicyclic) bond motifs is 5. The van der Waals surface area contributed by atoms with E-state index in [1.54, 1.807) is 0 Å². The van der Waals surface area contributed by atoms with E-state index in [1.165, 1.54) is 109 Å². The summed E-state index contributed by atoms with van der Waals surface area (Å²) in [7, 11) is 0. The first-order valence-electron chi connectivity index (χ1n) is 19.4. The molecule has 0 unspecified atom stereocenters. The minimum absolute atomic E-state index is 1.21. The highest BCUT2D eigenvalue weighted by Gasteiger charge is 2.20. The van der Waals surface area contributed by atoms with E-state index in [9.17, 15) is 0 Å². The summed E-state index contributed by atoms with van der Waals surface area (Å²) in [6.45, 7) is 0. The van der Waals surface area contributed by atoms with Crippen molar-refractivity contribution in [3.8, 4) is 55.6 Å². The molecule has 0 saturated heterocycles. The molecular weight excluding hydrogens is 673 g/mol. The van der Waals surface area contributed by atoms with Gasteiger partial charge < -0.3 is 0 Å². The van der Waals surface area contributed by atoms with E-state index in [2.05, 4.69) is 218 Å². The molecule has 0 heteroatoms. The van der Waals surface area contributed by atoms with Gasteiger partial charge >= 0.3 is 0 Å². The second kappa shape index (κ2) is 13.2. The summed E-state index contributed by atoms with van der Waals surface area (Å²) in [5.74, 6) is 0. The number of hydrogen-bond donors (Lipinski definition) is 0. The topological polar surface area (TPSA) is 0 Å². The maximum absolute atomic E-state index is 2.40. The predicted molar refractivity (Wildman–Crippen MR) is 241 cm³/mol. The van der Waals surface area contributed by atoms with E-state index < -0.39 is 0 Å². The summed E-state index contributed by atoms with van der Waals surface area (Å²) in [6, 6.07) is 80.4. The van der Waals surface area contributed by atoms with Crippen molar-refractivity contribution in [2.24, 2.45) is 0 Å². The molecule has 0 aliphatic carbocycles. The van der Waals surface area contributed by atoms with Crippen LogP contribution in [0.25, 0.3) is 109 Å². The molecule has 0 amide bonds. The normalized spacial score (nSPS) is 11.6. The lowest BCUT2D eigenvalue weighted by Crippen LogP contribution is -1.93. The Hall–Kier alpha value is -7.28. The lowest BCUT2D eigenvalue weighted by atomic mass is 9.83. The molecular formula is C56H36. The van der Waals surface area contributed by atoms with Gasteiger partial charge in [0.1, 0.15) is 0 Å². The fourth-order valence-corrected chi connectivity index (χ4v) is 8.84. The molecule has 0 aliphatic rings. The quantitative estimate of drug-likeness (QED) is 0.156. The lowest BCUT2D eigenvalue weighted by molar-refractivity contribution is 1.62. The minimum Gasteiger partial charge on any atom is -0.0622 e. The van der Waals surface area contributed by atoms with Crippen LogP contribution in [0.15, 0.2) is 218 Å². The van der Waals surface area contributed by atoms with Crippen LogP contribution in [0.3, 0.4) is 0 Å². The zero-order valence-electron chi connectivity index (χ0n) is 30.8. The van der Waals surface area contributed by atoms with Gasteiger partial charge in [0.05, 0.1) is 0 Å². The Balaban J connectivity index is 1.02. The van der Waals surface area contributed by atoms with E-state index in [4.69, 9.17) is 0 Å². The van der Waals surface area contributed by atoms with Crippen LogP contribution in [-0.4, -0.2) is 0 Å². The van der Waals surface area contributed by atoms with Gasteiger partial charge in [-0.15, -0.1) is 0 Å². The average molecular weight is 709 g/mol. The third-order valence-corrected chi connectivity index (χ3v) is 11.6. The van der Waals surface area contributed by atoms with E-state index in [-0.39, 0.29) is 0 Å². The first-order chi connectivity index (χ1) is 27.7. The number of rotatable bonds is 5. The summed E-state index contributed by atoms with van der Waals surface area (Å²) in [4.78, 5) is 0. The van der Waals surface area contributed by atoms with E-state index in [1.807, 2.05) is 0 Å². The van der Waals surface area contributed by atoms with Gasteiger partial charge in [0.15, 0.2) is 0 Å². The fourth-order valence-electron chi connectivity index (χ4n) is 8.84. The molecule has 0 fully saturated rings. The van der Waals surface area contributed by atoms with Crippen LogP contribution in [0.4, 0.5) is 0 Å². The standard InChI is InChI=1S/C56H36/c1-2-13-39(14-3-1)53-35-42-16-6-7-17-43(42)36-54(53)56-51-20-10-8-18-49(51)55(50-19-9-11-21-52(50)56)40-25-22-38(23-26-40)44-28-29-47-34-48(31-30-46(47)33-44)45-27-24-37-12-4-5-15-41(37)32-45/h1-36H. The van der Waals surface area contributed by atoms with Crippen molar-refractivity contribution >= 4 is 53.9 Å². The molecule has 0 saturated carbocycles. The van der Waals surface area contributed by atoms with Crippen LogP contribution in [0.1, 0.15) is 0 Å². The zero-order valence-corrected chi connectivity index (χ0v) is 30.8. The summed E-state index contributed by atoms with van der Waals surface area (Å²) in [5, 5.41) is 12.6. The Bertz CT molecular complexity index is 3220. The van der Waals surface area contributed by atoms with Gasteiger partial charge in [-0.3, -0.25) is 0 Å². The molecule has 0 N–H and O–H groups in total. The Labute approximate surface area is 326 Å². The Kier molecular flexibility index (Phi) is 7.60. The van der Waals surface area contributed by atoms with Gasteiger partial charge in [0.25, 0.3) is 0 Å². The molecule has 56 heavy (non-hydrogen) atoms. The van der Waals surface area contributed by atoms with Crippen molar-refractivity contribution in [1.29, 1.82) is 0 Å². The van der Waals surface area contributed by atoms with Gasteiger partial charge in [-0.2, -0.15) is 0 Å². The van der Waals surface area contributed by atoms with Crippen molar-refractivity contribution < 1.29 is 0 Å². The average Bonchev–Trinajstić information content (AvgIpc) is 3.27. The van der Waals surface area contributed by atoms with Crippen LogP contribution in [0.2, 0.25) is 0 Å². The SMILES string of the molecule is c1ccc(-c2cc3ccccc3cc2-c2c3ccccc3c(-c3ccc(-c4ccc5cc(-c6ccc7ccccc7c6)ccc5c4)cc3)c3ccccc23)cc1. The van der Waals surface area contributed by atoms with Gasteiger partial charge in [-0.1, -0.05) is 188 Å². The fraction of sp³-hybridized carbons (Fsp3) is 0. The molecule has 11 rings (SSSR count). The highest BCUT2D eigenvalue weighted by molar-refractivity contribution is 6.23. The number of hydrogen-bond acceptors (Lipinski definition) is 0. The highest BCUT2D eigenvalue weighted by atomic mass is 14.2. The molecule has 0 atom stereocenters. The maximum atomic E-state index is 2.40. The van der Waals surface area contributed by atoms with Crippen LogP contribution < -0.4 is 0 Å². The van der Waals surface area contributed by atoms with E-state index in [0.29, 0.717) is 0 Å². The third kappa shape index (κ3) is 5.46. The van der Waals surface area contributed by atoms with Crippen molar-refractivity contribution in [1.82, 2.24) is 0 Å². The molecule has 0 radical (unpaired) electrons. The molecule has 0 heterocycles. The van der Waals surface area contributed by atoms with E-state index >= 15 is 0 Å². The molecule has 0 bridgehead atoms. The zero-order chi connectivity index (χ0) is 37.0. The van der Waals surface area contributed by atoms with Crippen molar-refractivity contribution in [2.75, 3.05) is 0 Å². The second-order valence-electron chi connectivity index (χ2n) is 14.9. The van der Waals surface area contributed by atoms with Gasteiger partial charge in [0.2, 0.25) is 0 Å². The van der Waals surface area contributed by atoms with Gasteiger partial charge in [-0.25, -0.2) is 0 Å². The largest absolute Gasteiger partial charge is 0.0622 e. The molecule has 0 aliphatic heterocycles. The molecule has 0 nitrogen and oxygen atoms in total. The van der Waals surface area contributed by atoms with Crippen LogP contribution in [0, 0.1) is 0 Å². The summed E-state index contributed by atoms with van der Waals surface area (Å²) in [6.07, 6.45) is 0. The lowest BCUT2D eigenvalue weighted by Gasteiger charge is -2.20. The van der Waals surface area contributed by atoms with Crippen molar-refractivity contribution in [3.63, 3.8) is 0 Å². The minimum atomic E-state index is 1.21. The smallest absolute Gasteiger partial charge is 0.00199 e.